The molecule has 0 bridgehead atoms. The molecule has 102 valence electrons. The molecule has 0 spiro atoms. The third kappa shape index (κ3) is 6.76. The van der Waals surface area contributed by atoms with E-state index in [1.807, 2.05) is 20.8 Å². The number of urea groups is 1. The highest BCUT2D eigenvalue weighted by atomic mass is 16.5. The number of hydrogen-bond donors (Lipinski definition) is 2. The highest BCUT2D eigenvalue weighted by Crippen LogP contribution is 2.07. The van der Waals surface area contributed by atoms with Gasteiger partial charge in [0.15, 0.2) is 0 Å². The Balaban J connectivity index is 4.35. The van der Waals surface area contributed by atoms with Crippen molar-refractivity contribution in [1.82, 2.24) is 10.2 Å². The zero-order valence-corrected chi connectivity index (χ0v) is 11.0. The first kappa shape index (κ1) is 16.3. The highest BCUT2D eigenvalue weighted by Gasteiger charge is 2.21. The van der Waals surface area contributed by atoms with Crippen LogP contribution in [0.15, 0.2) is 0 Å². The summed E-state index contributed by atoms with van der Waals surface area (Å²) >= 11 is 0. The number of carbonyl (C=O) groups is 2. The summed E-state index contributed by atoms with van der Waals surface area (Å²) in [5, 5.41) is 11.3. The van der Waals surface area contributed by atoms with Crippen LogP contribution in [0.4, 0.5) is 4.79 Å². The molecule has 0 atom stereocenters. The molecule has 2 amide bonds. The Labute approximate surface area is 107 Å². The molecule has 0 aliphatic carbocycles. The summed E-state index contributed by atoms with van der Waals surface area (Å²) in [6, 6.07) is -0.511. The van der Waals surface area contributed by atoms with Crippen molar-refractivity contribution < 1.29 is 19.4 Å². The fraction of sp³-hybridized carbons (Fsp3) is 0.667. The third-order valence-electron chi connectivity index (χ3n) is 2.10. The molecule has 0 unspecified atom stereocenters. The zero-order chi connectivity index (χ0) is 14.2. The second-order valence-corrected chi connectivity index (χ2v) is 4.31. The number of carbonyl (C=O) groups excluding carboxylic acids is 1. The molecule has 18 heavy (non-hydrogen) atoms. The van der Waals surface area contributed by atoms with Crippen LogP contribution in [-0.2, 0) is 9.53 Å². The van der Waals surface area contributed by atoms with Crippen molar-refractivity contribution in [2.24, 2.45) is 0 Å². The summed E-state index contributed by atoms with van der Waals surface area (Å²) in [7, 11) is 0. The molecule has 0 aromatic carbocycles. The number of carboxylic acid groups (broad SMARTS) is 1. The van der Waals surface area contributed by atoms with Crippen LogP contribution in [0, 0.1) is 12.3 Å². The fourth-order valence-corrected chi connectivity index (χ4v) is 1.32. The number of ether oxygens (including phenoxy) is 1. The summed E-state index contributed by atoms with van der Waals surface area (Å²) < 4.78 is 5.41. The van der Waals surface area contributed by atoms with Gasteiger partial charge in [0.1, 0.15) is 6.54 Å². The predicted molar refractivity (Wildman–Crippen MR) is 67.1 cm³/mol. The van der Waals surface area contributed by atoms with Crippen LogP contribution in [0.3, 0.4) is 0 Å². The first-order chi connectivity index (χ1) is 8.32. The molecule has 0 radical (unpaired) electrons. The Bertz CT molecular complexity index is 333. The minimum atomic E-state index is -1.11. The van der Waals surface area contributed by atoms with E-state index in [-0.39, 0.29) is 13.1 Å². The van der Waals surface area contributed by atoms with E-state index in [0.29, 0.717) is 6.61 Å². The van der Waals surface area contributed by atoms with Crippen molar-refractivity contribution in [3.63, 3.8) is 0 Å². The Kier molecular flexibility index (Phi) is 6.83. The van der Waals surface area contributed by atoms with Gasteiger partial charge in [0.2, 0.25) is 0 Å². The number of rotatable bonds is 7. The van der Waals surface area contributed by atoms with E-state index in [1.54, 1.807) is 0 Å². The molecule has 6 nitrogen and oxygen atoms in total. The topological polar surface area (TPSA) is 78.9 Å². The van der Waals surface area contributed by atoms with Gasteiger partial charge in [-0.3, -0.25) is 4.79 Å². The van der Waals surface area contributed by atoms with Gasteiger partial charge in [-0.1, -0.05) is 5.92 Å². The van der Waals surface area contributed by atoms with E-state index in [2.05, 4.69) is 11.2 Å². The largest absolute Gasteiger partial charge is 0.480 e. The Morgan fingerprint density at radius 1 is 1.50 bits per heavy atom. The molecule has 0 aromatic heterocycles. The number of hydrogen-bond acceptors (Lipinski definition) is 3. The first-order valence-electron chi connectivity index (χ1n) is 5.64. The number of terminal acetylenes is 1. The maximum absolute atomic E-state index is 11.7. The second-order valence-electron chi connectivity index (χ2n) is 4.31. The van der Waals surface area contributed by atoms with Gasteiger partial charge in [0, 0.05) is 13.2 Å². The van der Waals surface area contributed by atoms with Crippen molar-refractivity contribution in [2.45, 2.75) is 26.4 Å². The van der Waals surface area contributed by atoms with Gasteiger partial charge in [0.05, 0.1) is 12.1 Å². The summed E-state index contributed by atoms with van der Waals surface area (Å²) in [6.45, 7) is 5.86. The third-order valence-corrected chi connectivity index (χ3v) is 2.10. The molecule has 0 rings (SSSR count). The van der Waals surface area contributed by atoms with Crippen molar-refractivity contribution >= 4 is 12.0 Å². The van der Waals surface area contributed by atoms with E-state index in [0.717, 1.165) is 4.90 Å². The van der Waals surface area contributed by atoms with E-state index >= 15 is 0 Å². The number of aliphatic carboxylic acids is 1. The maximum Gasteiger partial charge on any atom is 0.323 e. The van der Waals surface area contributed by atoms with Crippen LogP contribution in [0.2, 0.25) is 0 Å². The minimum absolute atomic E-state index is 0.0484. The zero-order valence-electron chi connectivity index (χ0n) is 11.0. The highest BCUT2D eigenvalue weighted by molar-refractivity contribution is 5.80. The van der Waals surface area contributed by atoms with Crippen molar-refractivity contribution in [2.75, 3.05) is 26.2 Å². The average molecular weight is 256 g/mol. The van der Waals surface area contributed by atoms with Crippen LogP contribution in [-0.4, -0.2) is 53.8 Å². The van der Waals surface area contributed by atoms with Gasteiger partial charge in [-0.2, -0.15) is 0 Å². The summed E-state index contributed by atoms with van der Waals surface area (Å²) in [5.41, 5.74) is -0.505. The van der Waals surface area contributed by atoms with Crippen molar-refractivity contribution in [1.29, 1.82) is 0 Å². The van der Waals surface area contributed by atoms with E-state index in [9.17, 15) is 9.59 Å². The molecule has 0 saturated carbocycles. The molecular weight excluding hydrogens is 236 g/mol. The molecule has 0 fully saturated rings. The lowest BCUT2D eigenvalue weighted by Crippen LogP contribution is -2.48. The van der Waals surface area contributed by atoms with Crippen LogP contribution in [0.1, 0.15) is 20.8 Å². The smallest absolute Gasteiger partial charge is 0.323 e. The molecule has 0 saturated heterocycles. The van der Waals surface area contributed by atoms with Gasteiger partial charge in [-0.25, -0.2) is 4.79 Å². The standard InChI is InChI=1S/C12H20N2O4/c1-5-7-14(8-10(15)16)11(17)13-9-12(3,4)18-6-2/h1H,6-9H2,2-4H3,(H,13,17)(H,15,16). The Hall–Kier alpha value is -1.74. The summed E-state index contributed by atoms with van der Waals surface area (Å²) in [5.74, 6) is 1.14. The Morgan fingerprint density at radius 2 is 2.11 bits per heavy atom. The van der Waals surface area contributed by atoms with Gasteiger partial charge in [-0.05, 0) is 20.8 Å². The van der Waals surface area contributed by atoms with Gasteiger partial charge >= 0.3 is 12.0 Å². The predicted octanol–water partition coefficient (Wildman–Crippen LogP) is 0.531. The molecular formula is C12H20N2O4. The number of nitrogens with one attached hydrogen (secondary N) is 1. The lowest BCUT2D eigenvalue weighted by Gasteiger charge is -2.27. The van der Waals surface area contributed by atoms with Crippen LogP contribution < -0.4 is 5.32 Å². The number of carboxylic acids is 1. The first-order valence-corrected chi connectivity index (χ1v) is 5.64. The molecule has 0 heterocycles. The SMILES string of the molecule is C#CCN(CC(=O)O)C(=O)NCC(C)(C)OCC. The number of nitrogens with zero attached hydrogens (tertiary/aromatic N) is 1. The van der Waals surface area contributed by atoms with E-state index < -0.39 is 24.1 Å². The fourth-order valence-electron chi connectivity index (χ4n) is 1.32. The lowest BCUT2D eigenvalue weighted by molar-refractivity contribution is -0.137. The normalized spacial score (nSPS) is 10.6. The lowest BCUT2D eigenvalue weighted by atomic mass is 10.1. The van der Waals surface area contributed by atoms with E-state index in [4.69, 9.17) is 16.3 Å². The number of amides is 2. The van der Waals surface area contributed by atoms with Crippen LogP contribution in [0.25, 0.3) is 0 Å². The molecule has 0 aliphatic heterocycles. The molecule has 6 heteroatoms. The summed E-state index contributed by atoms with van der Waals surface area (Å²) in [6.07, 6.45) is 5.08. The molecule has 0 aliphatic rings. The maximum atomic E-state index is 11.7. The Morgan fingerprint density at radius 3 is 2.56 bits per heavy atom. The van der Waals surface area contributed by atoms with Gasteiger partial charge in [-0.15, -0.1) is 6.42 Å². The van der Waals surface area contributed by atoms with Crippen LogP contribution >= 0.6 is 0 Å². The van der Waals surface area contributed by atoms with Crippen LogP contribution in [0.5, 0.6) is 0 Å². The monoisotopic (exact) mass is 256 g/mol. The van der Waals surface area contributed by atoms with Crippen molar-refractivity contribution in [3.8, 4) is 12.3 Å². The minimum Gasteiger partial charge on any atom is -0.480 e. The van der Waals surface area contributed by atoms with Gasteiger partial charge < -0.3 is 20.1 Å². The van der Waals surface area contributed by atoms with Crippen molar-refractivity contribution in [3.05, 3.63) is 0 Å². The van der Waals surface area contributed by atoms with E-state index in [1.165, 1.54) is 0 Å². The average Bonchev–Trinajstić information content (AvgIpc) is 2.25. The summed E-state index contributed by atoms with van der Waals surface area (Å²) in [4.78, 5) is 23.3. The second kappa shape index (κ2) is 7.56. The molecule has 0 aromatic rings. The quantitative estimate of drug-likeness (QED) is 0.651. The van der Waals surface area contributed by atoms with Gasteiger partial charge in [0.25, 0.3) is 0 Å². The molecule has 2 N–H and O–H groups in total.